The van der Waals surface area contributed by atoms with E-state index in [0.717, 1.165) is 37.3 Å². The average Bonchev–Trinajstić information content (AvgIpc) is 2.63. The van der Waals surface area contributed by atoms with Gasteiger partial charge >= 0.3 is 0 Å². The largest absolute Gasteiger partial charge is 0.384 e. The van der Waals surface area contributed by atoms with Gasteiger partial charge < -0.3 is 10.1 Å². The number of nitrogens with one attached hydrogen (secondary N) is 1. The summed E-state index contributed by atoms with van der Waals surface area (Å²) < 4.78 is 0. The monoisotopic (exact) mass is 193 g/mol. The Morgan fingerprint density at radius 3 is 3.00 bits per heavy atom. The maximum absolute atomic E-state index is 10.5. The van der Waals surface area contributed by atoms with Gasteiger partial charge in [-0.05, 0) is 43.7 Å². The lowest BCUT2D eigenvalue weighted by Gasteiger charge is -2.25. The van der Waals surface area contributed by atoms with Gasteiger partial charge in [0.05, 0.1) is 0 Å². The van der Waals surface area contributed by atoms with E-state index in [-0.39, 0.29) is 0 Å². The van der Waals surface area contributed by atoms with Gasteiger partial charge in [-0.15, -0.1) is 0 Å². The summed E-state index contributed by atoms with van der Waals surface area (Å²) in [6, 6.07) is 3.96. The summed E-state index contributed by atoms with van der Waals surface area (Å²) in [5.74, 6) is 0.763. The van der Waals surface area contributed by atoms with Crippen LogP contribution in [0, 0.1) is 5.92 Å². The number of rotatable bonds is 1. The maximum Gasteiger partial charge on any atom is 0.104 e. The lowest BCUT2D eigenvalue weighted by atomic mass is 9.90. The van der Waals surface area contributed by atoms with Crippen LogP contribution in [0.5, 0.6) is 0 Å². The molecule has 1 aliphatic rings. The molecular weight excluding hydrogens is 174 g/mol. The number of hydrogen-bond donors (Lipinski definition) is 2. The highest BCUT2D eigenvalue weighted by atomic mass is 16.3. The van der Waals surface area contributed by atoms with Crippen molar-refractivity contribution in [1.82, 2.24) is 4.98 Å². The van der Waals surface area contributed by atoms with Crippen LogP contribution in [0.2, 0.25) is 0 Å². The third-order valence-electron chi connectivity index (χ3n) is 3.44. The summed E-state index contributed by atoms with van der Waals surface area (Å²) >= 11 is 0. The highest BCUT2D eigenvalue weighted by Gasteiger charge is 2.32. The molecule has 0 radical (unpaired) electrons. The Morgan fingerprint density at radius 2 is 2.29 bits per heavy atom. The first-order chi connectivity index (χ1) is 6.71. The fourth-order valence-electron chi connectivity index (χ4n) is 2.39. The Bertz CT molecular complexity index is 281. The minimum Gasteiger partial charge on any atom is -0.384 e. The minimum absolute atomic E-state index is 0.589. The quantitative estimate of drug-likeness (QED) is 0.661. The molecule has 2 rings (SSSR count). The highest BCUT2D eigenvalue weighted by Crippen LogP contribution is 2.36. The van der Waals surface area contributed by atoms with Gasteiger partial charge in [-0.1, -0.05) is 13.3 Å². The van der Waals surface area contributed by atoms with Crippen LogP contribution in [-0.4, -0.2) is 10.1 Å². The zero-order valence-corrected chi connectivity index (χ0v) is 8.79. The molecular formula is C12H19NO. The Hall–Kier alpha value is -0.760. The summed E-state index contributed by atoms with van der Waals surface area (Å²) in [6.45, 7) is 2.28. The van der Waals surface area contributed by atoms with Crippen molar-refractivity contribution in [3.63, 3.8) is 0 Å². The van der Waals surface area contributed by atoms with Gasteiger partial charge in [0.2, 0.25) is 0 Å². The lowest BCUT2D eigenvalue weighted by molar-refractivity contribution is 0.0160. The summed E-state index contributed by atoms with van der Waals surface area (Å²) in [4.78, 5) is 3.14. The van der Waals surface area contributed by atoms with Gasteiger partial charge in [0, 0.05) is 11.9 Å². The number of aliphatic hydroxyl groups is 1. The van der Waals surface area contributed by atoms with E-state index < -0.39 is 5.60 Å². The van der Waals surface area contributed by atoms with Gasteiger partial charge in [-0.2, -0.15) is 0 Å². The third-order valence-corrected chi connectivity index (χ3v) is 3.44. The Morgan fingerprint density at radius 1 is 1.43 bits per heavy atom. The van der Waals surface area contributed by atoms with Gasteiger partial charge in [0.1, 0.15) is 5.60 Å². The molecule has 1 fully saturated rings. The van der Waals surface area contributed by atoms with E-state index in [4.69, 9.17) is 0 Å². The molecule has 2 atom stereocenters. The van der Waals surface area contributed by atoms with Crippen LogP contribution < -0.4 is 0 Å². The molecule has 0 saturated heterocycles. The first-order valence-electron chi connectivity index (χ1n) is 5.57. The lowest BCUT2D eigenvalue weighted by Crippen LogP contribution is -2.25. The van der Waals surface area contributed by atoms with Crippen molar-refractivity contribution >= 4 is 0 Å². The molecule has 2 heteroatoms. The van der Waals surface area contributed by atoms with Gasteiger partial charge in [-0.3, -0.25) is 0 Å². The molecule has 1 aromatic rings. The Kier molecular flexibility index (Phi) is 2.64. The molecule has 2 N–H and O–H groups in total. The molecule has 1 aliphatic carbocycles. The summed E-state index contributed by atoms with van der Waals surface area (Å²) in [6.07, 6.45) is 7.21. The topological polar surface area (TPSA) is 36.0 Å². The van der Waals surface area contributed by atoms with Crippen molar-refractivity contribution in [3.8, 4) is 0 Å². The Balaban J connectivity index is 2.15. The van der Waals surface area contributed by atoms with Crippen LogP contribution in [0.25, 0.3) is 0 Å². The van der Waals surface area contributed by atoms with Gasteiger partial charge in [-0.25, -0.2) is 0 Å². The molecule has 2 nitrogen and oxygen atoms in total. The van der Waals surface area contributed by atoms with Crippen molar-refractivity contribution in [1.29, 1.82) is 0 Å². The van der Waals surface area contributed by atoms with Crippen molar-refractivity contribution < 1.29 is 5.11 Å². The molecule has 0 aromatic carbocycles. The standard InChI is InChI=1S/C12H19NO/c1-10-4-2-7-12(14,8-6-10)11-5-3-9-13-11/h3,5,9-10,13-14H,2,4,6-8H2,1H3. The average molecular weight is 193 g/mol. The molecule has 0 spiro atoms. The molecule has 78 valence electrons. The molecule has 14 heavy (non-hydrogen) atoms. The second-order valence-electron chi connectivity index (χ2n) is 4.65. The number of hydrogen-bond acceptors (Lipinski definition) is 1. The molecule has 2 unspecified atom stereocenters. The maximum atomic E-state index is 10.5. The van der Waals surface area contributed by atoms with E-state index in [0.29, 0.717) is 0 Å². The molecule has 0 bridgehead atoms. The molecule has 1 aromatic heterocycles. The zero-order chi connectivity index (χ0) is 10.0. The van der Waals surface area contributed by atoms with Crippen molar-refractivity contribution in [2.75, 3.05) is 0 Å². The van der Waals surface area contributed by atoms with Crippen LogP contribution in [0.1, 0.15) is 44.7 Å². The number of aromatic amines is 1. The molecule has 0 aliphatic heterocycles. The summed E-state index contributed by atoms with van der Waals surface area (Å²) in [5.41, 5.74) is 0.403. The van der Waals surface area contributed by atoms with E-state index in [2.05, 4.69) is 11.9 Å². The van der Waals surface area contributed by atoms with Crippen molar-refractivity contribution in [2.24, 2.45) is 5.92 Å². The Labute approximate surface area is 85.3 Å². The molecule has 1 saturated carbocycles. The smallest absolute Gasteiger partial charge is 0.104 e. The van der Waals surface area contributed by atoms with E-state index in [1.165, 1.54) is 6.42 Å². The summed E-state index contributed by atoms with van der Waals surface area (Å²) in [7, 11) is 0. The second-order valence-corrected chi connectivity index (χ2v) is 4.65. The van der Waals surface area contributed by atoms with E-state index in [1.54, 1.807) is 0 Å². The SMILES string of the molecule is CC1CCCC(O)(c2ccc[nH]2)CC1. The van der Waals surface area contributed by atoms with Crippen molar-refractivity contribution in [2.45, 2.75) is 44.6 Å². The van der Waals surface area contributed by atoms with E-state index in [1.807, 2.05) is 18.3 Å². The minimum atomic E-state index is -0.589. The predicted molar refractivity (Wildman–Crippen MR) is 56.9 cm³/mol. The first kappa shape index (κ1) is 9.78. The highest BCUT2D eigenvalue weighted by molar-refractivity contribution is 5.13. The van der Waals surface area contributed by atoms with Crippen molar-refractivity contribution in [3.05, 3.63) is 24.0 Å². The zero-order valence-electron chi connectivity index (χ0n) is 8.79. The first-order valence-corrected chi connectivity index (χ1v) is 5.57. The normalized spacial score (nSPS) is 34.0. The fraction of sp³-hybridized carbons (Fsp3) is 0.667. The molecule has 0 amide bonds. The molecule has 1 heterocycles. The number of aromatic nitrogens is 1. The van der Waals surface area contributed by atoms with Crippen LogP contribution in [0.4, 0.5) is 0 Å². The van der Waals surface area contributed by atoms with Crippen LogP contribution >= 0.6 is 0 Å². The van der Waals surface area contributed by atoms with Crippen LogP contribution in [0.3, 0.4) is 0 Å². The van der Waals surface area contributed by atoms with E-state index in [9.17, 15) is 5.11 Å². The van der Waals surface area contributed by atoms with Crippen LogP contribution in [-0.2, 0) is 5.60 Å². The van der Waals surface area contributed by atoms with Gasteiger partial charge in [0.25, 0.3) is 0 Å². The van der Waals surface area contributed by atoms with E-state index >= 15 is 0 Å². The fourth-order valence-corrected chi connectivity index (χ4v) is 2.39. The predicted octanol–water partition coefficient (Wildman–Crippen LogP) is 2.80. The van der Waals surface area contributed by atoms with Crippen LogP contribution in [0.15, 0.2) is 18.3 Å². The number of H-pyrrole nitrogens is 1. The summed E-state index contributed by atoms with van der Waals surface area (Å²) in [5, 5.41) is 10.5. The third kappa shape index (κ3) is 1.85. The second kappa shape index (κ2) is 3.77. The van der Waals surface area contributed by atoms with Gasteiger partial charge in [0.15, 0.2) is 0 Å².